The fourth-order valence-electron chi connectivity index (χ4n) is 3.31. The predicted molar refractivity (Wildman–Crippen MR) is 108 cm³/mol. The van der Waals surface area contributed by atoms with Crippen LogP contribution in [0.2, 0.25) is 0 Å². The normalized spacial score (nSPS) is 13.9. The van der Waals surface area contributed by atoms with Gasteiger partial charge in [0.1, 0.15) is 5.82 Å². The first-order valence-corrected chi connectivity index (χ1v) is 9.58. The summed E-state index contributed by atoms with van der Waals surface area (Å²) in [6, 6.07) is 13.8. The van der Waals surface area contributed by atoms with Crippen LogP contribution in [0, 0.1) is 5.82 Å². The molecule has 1 aliphatic rings. The van der Waals surface area contributed by atoms with Gasteiger partial charge in [0.25, 0.3) is 0 Å². The molecule has 7 heteroatoms. The molecule has 1 heterocycles. The van der Waals surface area contributed by atoms with Crippen molar-refractivity contribution in [1.82, 2.24) is 10.2 Å². The van der Waals surface area contributed by atoms with Gasteiger partial charge in [-0.3, -0.25) is 14.4 Å². The van der Waals surface area contributed by atoms with Crippen molar-refractivity contribution in [3.8, 4) is 0 Å². The van der Waals surface area contributed by atoms with Gasteiger partial charge in [-0.1, -0.05) is 30.3 Å². The standard InChI is InChI=1S/C22H24FN3O3/c1-16(27)18-7-8-20(19(23)14-18)25-9-11-26(12-10-25)22(29)15-24-21(28)13-17-5-3-2-4-6-17/h2-8,14H,9-13,15H2,1H3,(H,24,28). The van der Waals surface area contributed by atoms with Crippen LogP contribution in [0.5, 0.6) is 0 Å². The van der Waals surface area contributed by atoms with E-state index in [1.807, 2.05) is 35.2 Å². The van der Waals surface area contributed by atoms with Gasteiger partial charge in [-0.25, -0.2) is 4.39 Å². The zero-order valence-corrected chi connectivity index (χ0v) is 16.4. The first-order valence-electron chi connectivity index (χ1n) is 9.58. The Hall–Kier alpha value is -3.22. The quantitative estimate of drug-likeness (QED) is 0.758. The number of piperazine rings is 1. The van der Waals surface area contributed by atoms with Gasteiger partial charge >= 0.3 is 0 Å². The number of rotatable bonds is 6. The van der Waals surface area contributed by atoms with Crippen molar-refractivity contribution in [2.45, 2.75) is 13.3 Å². The summed E-state index contributed by atoms with van der Waals surface area (Å²) in [5.41, 5.74) is 1.66. The summed E-state index contributed by atoms with van der Waals surface area (Å²) in [5.74, 6) is -0.972. The van der Waals surface area contributed by atoms with E-state index in [2.05, 4.69) is 5.32 Å². The fraction of sp³-hybridized carbons (Fsp3) is 0.318. The molecule has 1 saturated heterocycles. The third-order valence-corrected chi connectivity index (χ3v) is 4.97. The van der Waals surface area contributed by atoms with Gasteiger partial charge < -0.3 is 15.1 Å². The molecule has 0 aliphatic carbocycles. The summed E-state index contributed by atoms with van der Waals surface area (Å²) in [4.78, 5) is 39.2. The largest absolute Gasteiger partial charge is 0.366 e. The second-order valence-corrected chi connectivity index (χ2v) is 7.03. The van der Waals surface area contributed by atoms with E-state index in [0.29, 0.717) is 37.4 Å². The molecular weight excluding hydrogens is 373 g/mol. The van der Waals surface area contributed by atoms with Crippen molar-refractivity contribution in [3.63, 3.8) is 0 Å². The van der Waals surface area contributed by atoms with E-state index >= 15 is 0 Å². The Kier molecular flexibility index (Phi) is 6.59. The van der Waals surface area contributed by atoms with Gasteiger partial charge in [-0.15, -0.1) is 0 Å². The van der Waals surface area contributed by atoms with Crippen LogP contribution in [-0.4, -0.2) is 55.2 Å². The number of nitrogens with zero attached hydrogens (tertiary/aromatic N) is 2. The summed E-state index contributed by atoms with van der Waals surface area (Å²) >= 11 is 0. The maximum Gasteiger partial charge on any atom is 0.242 e. The van der Waals surface area contributed by atoms with E-state index in [1.165, 1.54) is 13.0 Å². The molecular formula is C22H24FN3O3. The minimum Gasteiger partial charge on any atom is -0.366 e. The average molecular weight is 397 g/mol. The van der Waals surface area contributed by atoms with Gasteiger partial charge in [-0.05, 0) is 30.7 Å². The number of Topliss-reactive ketones (excluding diaryl/α,β-unsaturated/α-hetero) is 1. The second kappa shape index (κ2) is 9.32. The number of nitrogens with one attached hydrogen (secondary N) is 1. The van der Waals surface area contributed by atoms with Gasteiger partial charge in [-0.2, -0.15) is 0 Å². The van der Waals surface area contributed by atoms with Crippen LogP contribution in [0.1, 0.15) is 22.8 Å². The topological polar surface area (TPSA) is 69.7 Å². The number of anilines is 1. The summed E-state index contributed by atoms with van der Waals surface area (Å²) in [6.45, 7) is 3.22. The second-order valence-electron chi connectivity index (χ2n) is 7.03. The number of hydrogen-bond acceptors (Lipinski definition) is 4. The highest BCUT2D eigenvalue weighted by atomic mass is 19.1. The van der Waals surface area contributed by atoms with Crippen molar-refractivity contribution in [3.05, 3.63) is 65.5 Å². The third kappa shape index (κ3) is 5.40. The Morgan fingerprint density at radius 3 is 2.31 bits per heavy atom. The molecule has 0 bridgehead atoms. The Morgan fingerprint density at radius 1 is 1.00 bits per heavy atom. The van der Waals surface area contributed by atoms with Gasteiger partial charge in [0.2, 0.25) is 11.8 Å². The molecule has 0 unspecified atom stereocenters. The van der Waals surface area contributed by atoms with Gasteiger partial charge in [0.05, 0.1) is 18.7 Å². The molecule has 1 fully saturated rings. The van der Waals surface area contributed by atoms with E-state index in [0.717, 1.165) is 5.56 Å². The third-order valence-electron chi connectivity index (χ3n) is 4.97. The molecule has 29 heavy (non-hydrogen) atoms. The highest BCUT2D eigenvalue weighted by Crippen LogP contribution is 2.22. The molecule has 152 valence electrons. The molecule has 0 saturated carbocycles. The molecule has 0 radical (unpaired) electrons. The first kappa shape index (κ1) is 20.5. The predicted octanol–water partition coefficient (Wildman–Crippen LogP) is 2.04. The molecule has 2 amide bonds. The molecule has 0 spiro atoms. The monoisotopic (exact) mass is 397 g/mol. The van der Waals surface area contributed by atoms with Crippen LogP contribution in [0.3, 0.4) is 0 Å². The van der Waals surface area contributed by atoms with Crippen LogP contribution >= 0.6 is 0 Å². The minimum absolute atomic E-state index is 0.0483. The van der Waals surface area contributed by atoms with Crippen LogP contribution in [0.4, 0.5) is 10.1 Å². The van der Waals surface area contributed by atoms with E-state index in [9.17, 15) is 18.8 Å². The van der Waals surface area contributed by atoms with Crippen LogP contribution in [0.15, 0.2) is 48.5 Å². The molecule has 1 aliphatic heterocycles. The molecule has 3 rings (SSSR count). The minimum atomic E-state index is -0.439. The number of halogens is 1. The van der Waals surface area contributed by atoms with Crippen molar-refractivity contribution in [2.24, 2.45) is 0 Å². The van der Waals surface area contributed by atoms with Gasteiger partial charge in [0.15, 0.2) is 5.78 Å². The van der Waals surface area contributed by atoms with Crippen molar-refractivity contribution in [2.75, 3.05) is 37.6 Å². The lowest BCUT2D eigenvalue weighted by atomic mass is 10.1. The molecule has 1 N–H and O–H groups in total. The number of carbonyl (C=O) groups is 3. The number of hydrogen-bond donors (Lipinski definition) is 1. The number of amides is 2. The van der Waals surface area contributed by atoms with Crippen molar-refractivity contribution < 1.29 is 18.8 Å². The highest BCUT2D eigenvalue weighted by Gasteiger charge is 2.23. The Bertz CT molecular complexity index is 893. The molecule has 2 aromatic carbocycles. The average Bonchev–Trinajstić information content (AvgIpc) is 2.73. The summed E-state index contributed by atoms with van der Waals surface area (Å²) in [7, 11) is 0. The van der Waals surface area contributed by atoms with Crippen molar-refractivity contribution >= 4 is 23.3 Å². The number of carbonyl (C=O) groups excluding carboxylic acids is 3. The van der Waals surface area contributed by atoms with E-state index in [1.54, 1.807) is 17.0 Å². The maximum atomic E-state index is 14.3. The summed E-state index contributed by atoms with van der Waals surface area (Å²) in [6.07, 6.45) is 0.234. The maximum absolute atomic E-state index is 14.3. The van der Waals surface area contributed by atoms with Gasteiger partial charge in [0, 0.05) is 31.7 Å². The molecule has 0 atom stereocenters. The molecule has 2 aromatic rings. The number of ketones is 1. The van der Waals surface area contributed by atoms with Crippen LogP contribution in [-0.2, 0) is 16.0 Å². The highest BCUT2D eigenvalue weighted by molar-refractivity contribution is 5.94. The lowest BCUT2D eigenvalue weighted by molar-refractivity contribution is -0.133. The zero-order chi connectivity index (χ0) is 20.8. The van der Waals surface area contributed by atoms with E-state index in [4.69, 9.17) is 0 Å². The first-order chi connectivity index (χ1) is 13.9. The zero-order valence-electron chi connectivity index (χ0n) is 16.4. The fourth-order valence-corrected chi connectivity index (χ4v) is 3.31. The Labute approximate surface area is 169 Å². The molecule has 0 aromatic heterocycles. The van der Waals surface area contributed by atoms with Crippen LogP contribution in [0.25, 0.3) is 0 Å². The lowest BCUT2D eigenvalue weighted by Gasteiger charge is -2.36. The van der Waals surface area contributed by atoms with E-state index in [-0.39, 0.29) is 30.6 Å². The van der Waals surface area contributed by atoms with Crippen LogP contribution < -0.4 is 10.2 Å². The summed E-state index contributed by atoms with van der Waals surface area (Å²) < 4.78 is 14.3. The van der Waals surface area contributed by atoms with Crippen molar-refractivity contribution in [1.29, 1.82) is 0 Å². The Balaban J connectivity index is 1.47. The van der Waals surface area contributed by atoms with E-state index < -0.39 is 5.82 Å². The smallest absolute Gasteiger partial charge is 0.242 e. The SMILES string of the molecule is CC(=O)c1ccc(N2CCN(C(=O)CNC(=O)Cc3ccccc3)CC2)c(F)c1. The number of benzene rings is 2. The lowest BCUT2D eigenvalue weighted by Crippen LogP contribution is -2.51. The Morgan fingerprint density at radius 2 is 1.69 bits per heavy atom. The summed E-state index contributed by atoms with van der Waals surface area (Å²) in [5, 5.41) is 2.66. The molecule has 6 nitrogen and oxygen atoms in total.